The molecule has 0 unspecified atom stereocenters. The molecule has 0 aliphatic carbocycles. The minimum atomic E-state index is -0.767. The summed E-state index contributed by atoms with van der Waals surface area (Å²) >= 11 is 12.6. The van der Waals surface area contributed by atoms with E-state index in [-0.39, 0.29) is 18.5 Å². The molecular formula is C22H30Cl2N2O4. The molecule has 166 valence electrons. The van der Waals surface area contributed by atoms with Crippen molar-refractivity contribution < 1.29 is 19.1 Å². The lowest BCUT2D eigenvalue weighted by atomic mass is 9.92. The highest BCUT2D eigenvalue weighted by Gasteiger charge is 2.43. The lowest BCUT2D eigenvalue weighted by Gasteiger charge is -2.45. The summed E-state index contributed by atoms with van der Waals surface area (Å²) in [7, 11) is 0. The summed E-state index contributed by atoms with van der Waals surface area (Å²) in [6.45, 7) is 12.2. The van der Waals surface area contributed by atoms with E-state index in [1.807, 2.05) is 47.6 Å². The number of fused-ring (bicyclic) bond motifs is 1. The molecule has 2 aliphatic heterocycles. The maximum atomic E-state index is 13.4. The van der Waals surface area contributed by atoms with Crippen LogP contribution >= 0.6 is 23.2 Å². The van der Waals surface area contributed by atoms with Gasteiger partial charge in [-0.25, -0.2) is 4.79 Å². The first-order chi connectivity index (χ1) is 13.8. The molecule has 0 saturated carbocycles. The number of carbonyl (C=O) groups excluding carboxylic acids is 2. The predicted octanol–water partition coefficient (Wildman–Crippen LogP) is 4.85. The number of carbonyl (C=O) groups is 2. The van der Waals surface area contributed by atoms with Crippen LogP contribution in [0.2, 0.25) is 10.0 Å². The fraction of sp³-hybridized carbons (Fsp3) is 0.636. The van der Waals surface area contributed by atoms with Crippen LogP contribution in [0.5, 0.6) is 0 Å². The molecule has 0 N–H and O–H groups in total. The van der Waals surface area contributed by atoms with Crippen molar-refractivity contribution in [1.29, 1.82) is 0 Å². The van der Waals surface area contributed by atoms with Crippen molar-refractivity contribution >= 4 is 35.2 Å². The number of hydrogen-bond acceptors (Lipinski definition) is 4. The topological polar surface area (TPSA) is 59.1 Å². The molecule has 1 aromatic rings. The summed E-state index contributed by atoms with van der Waals surface area (Å²) < 4.78 is 11.6. The Bertz CT molecular complexity index is 850. The van der Waals surface area contributed by atoms with Crippen molar-refractivity contribution in [3.63, 3.8) is 0 Å². The Hall–Kier alpha value is -1.50. The van der Waals surface area contributed by atoms with Crippen molar-refractivity contribution in [2.24, 2.45) is 0 Å². The highest BCUT2D eigenvalue weighted by molar-refractivity contribution is 6.35. The molecule has 0 aromatic heterocycles. The van der Waals surface area contributed by atoms with E-state index in [1.54, 1.807) is 15.9 Å². The summed E-state index contributed by atoms with van der Waals surface area (Å²) in [5.41, 5.74) is 0.698. The van der Waals surface area contributed by atoms with Gasteiger partial charge in [0, 0.05) is 16.6 Å². The van der Waals surface area contributed by atoms with Crippen LogP contribution in [0, 0.1) is 0 Å². The van der Waals surface area contributed by atoms with Gasteiger partial charge in [-0.2, -0.15) is 0 Å². The molecule has 2 atom stereocenters. The zero-order valence-corrected chi connectivity index (χ0v) is 19.9. The average Bonchev–Trinajstić information content (AvgIpc) is 2.58. The Labute approximate surface area is 188 Å². The standard InChI is InChI=1S/C22H30Cl2N2O4/c1-13-18-14(9-15(23)10-16(18)24)7-8-26(13)19(27)17-11-25(12-22(5,6)29-17)20(28)30-21(2,3)4/h9-10,13,17H,7-8,11-12H2,1-6H3/t13-,17+/m0/s1. The van der Waals surface area contributed by atoms with E-state index in [2.05, 4.69) is 0 Å². The number of rotatable bonds is 1. The van der Waals surface area contributed by atoms with Crippen molar-refractivity contribution in [3.05, 3.63) is 33.3 Å². The third-order valence-corrected chi connectivity index (χ3v) is 5.85. The lowest BCUT2D eigenvalue weighted by Crippen LogP contribution is -2.60. The molecule has 0 spiro atoms. The normalized spacial score (nSPS) is 23.7. The van der Waals surface area contributed by atoms with Crippen LogP contribution in [0.1, 0.15) is 58.7 Å². The van der Waals surface area contributed by atoms with Gasteiger partial charge < -0.3 is 19.3 Å². The maximum absolute atomic E-state index is 13.4. The first-order valence-corrected chi connectivity index (χ1v) is 11.0. The van der Waals surface area contributed by atoms with Crippen molar-refractivity contribution in [2.45, 2.75) is 71.3 Å². The SMILES string of the molecule is C[C@H]1c2c(Cl)cc(Cl)cc2CCN1C(=O)[C@H]1CN(C(=O)OC(C)(C)C)CC(C)(C)O1. The van der Waals surface area contributed by atoms with Crippen LogP contribution < -0.4 is 0 Å². The van der Waals surface area contributed by atoms with Crippen molar-refractivity contribution in [2.75, 3.05) is 19.6 Å². The Morgan fingerprint density at radius 1 is 1.23 bits per heavy atom. The molecule has 8 heteroatoms. The maximum Gasteiger partial charge on any atom is 0.410 e. The lowest BCUT2D eigenvalue weighted by molar-refractivity contribution is -0.172. The average molecular weight is 457 g/mol. The van der Waals surface area contributed by atoms with E-state index in [1.165, 1.54) is 0 Å². The Morgan fingerprint density at radius 2 is 1.90 bits per heavy atom. The highest BCUT2D eigenvalue weighted by atomic mass is 35.5. The largest absolute Gasteiger partial charge is 0.444 e. The van der Waals surface area contributed by atoms with Gasteiger partial charge in [0.2, 0.25) is 0 Å². The van der Waals surface area contributed by atoms with E-state index in [0.29, 0.717) is 29.6 Å². The Balaban J connectivity index is 1.80. The zero-order chi connectivity index (χ0) is 22.4. The van der Waals surface area contributed by atoms with Crippen molar-refractivity contribution in [3.8, 4) is 0 Å². The number of nitrogens with zero attached hydrogens (tertiary/aromatic N) is 2. The van der Waals surface area contributed by atoms with E-state index in [9.17, 15) is 9.59 Å². The number of amides is 2. The van der Waals surface area contributed by atoms with Crippen LogP contribution in [0.25, 0.3) is 0 Å². The summed E-state index contributed by atoms with van der Waals surface area (Å²) in [4.78, 5) is 29.4. The van der Waals surface area contributed by atoms with Gasteiger partial charge in [-0.1, -0.05) is 23.2 Å². The summed E-state index contributed by atoms with van der Waals surface area (Å²) in [5.74, 6) is -0.152. The number of hydrogen-bond donors (Lipinski definition) is 0. The second kappa shape index (κ2) is 8.21. The van der Waals surface area contributed by atoms with E-state index in [4.69, 9.17) is 32.7 Å². The van der Waals surface area contributed by atoms with Gasteiger partial charge in [-0.15, -0.1) is 0 Å². The molecular weight excluding hydrogens is 427 g/mol. The number of benzene rings is 1. The van der Waals surface area contributed by atoms with Gasteiger partial charge in [0.15, 0.2) is 6.10 Å². The smallest absolute Gasteiger partial charge is 0.410 e. The quantitative estimate of drug-likeness (QED) is 0.605. The van der Waals surface area contributed by atoms with Gasteiger partial charge >= 0.3 is 6.09 Å². The first kappa shape index (κ1) is 23.2. The molecule has 0 bridgehead atoms. The summed E-state index contributed by atoms with van der Waals surface area (Å²) in [6, 6.07) is 3.40. The number of ether oxygens (including phenoxy) is 2. The number of halogens is 2. The predicted molar refractivity (Wildman–Crippen MR) is 117 cm³/mol. The van der Waals surface area contributed by atoms with E-state index in [0.717, 1.165) is 11.1 Å². The molecule has 30 heavy (non-hydrogen) atoms. The van der Waals surface area contributed by atoms with Crippen LogP contribution in [0.15, 0.2) is 12.1 Å². The summed E-state index contributed by atoms with van der Waals surface area (Å²) in [5, 5.41) is 1.15. The highest BCUT2D eigenvalue weighted by Crippen LogP contribution is 2.38. The second-order valence-corrected chi connectivity index (χ2v) is 10.5. The van der Waals surface area contributed by atoms with E-state index < -0.39 is 23.4 Å². The summed E-state index contributed by atoms with van der Waals surface area (Å²) in [6.07, 6.45) is -0.542. The van der Waals surface area contributed by atoms with E-state index >= 15 is 0 Å². The van der Waals surface area contributed by atoms with Gasteiger partial charge in [0.05, 0.1) is 24.7 Å². The van der Waals surface area contributed by atoms with Crippen LogP contribution in [0.4, 0.5) is 4.79 Å². The molecule has 1 saturated heterocycles. The third kappa shape index (κ3) is 5.04. The minimum Gasteiger partial charge on any atom is -0.444 e. The molecule has 1 fully saturated rings. The van der Waals surface area contributed by atoms with Gasteiger partial charge in [-0.05, 0) is 71.2 Å². The van der Waals surface area contributed by atoms with Gasteiger partial charge in [-0.3, -0.25) is 4.79 Å². The molecule has 0 radical (unpaired) electrons. The van der Waals surface area contributed by atoms with Crippen molar-refractivity contribution in [1.82, 2.24) is 9.80 Å². The van der Waals surface area contributed by atoms with Gasteiger partial charge in [0.1, 0.15) is 5.60 Å². The molecule has 1 aromatic carbocycles. The minimum absolute atomic E-state index is 0.152. The fourth-order valence-corrected chi connectivity index (χ4v) is 4.86. The monoisotopic (exact) mass is 456 g/mol. The number of morpholine rings is 1. The Kier molecular flexibility index (Phi) is 6.34. The first-order valence-electron chi connectivity index (χ1n) is 10.2. The third-order valence-electron chi connectivity index (χ3n) is 5.32. The Morgan fingerprint density at radius 3 is 2.53 bits per heavy atom. The van der Waals surface area contributed by atoms with Gasteiger partial charge in [0.25, 0.3) is 5.91 Å². The van der Waals surface area contributed by atoms with Crippen LogP contribution in [0.3, 0.4) is 0 Å². The van der Waals surface area contributed by atoms with Crippen LogP contribution in [-0.2, 0) is 20.7 Å². The molecule has 2 amide bonds. The molecule has 2 aliphatic rings. The van der Waals surface area contributed by atoms with Crippen LogP contribution in [-0.4, -0.2) is 58.7 Å². The second-order valence-electron chi connectivity index (χ2n) is 9.65. The molecule has 6 nitrogen and oxygen atoms in total. The zero-order valence-electron chi connectivity index (χ0n) is 18.4. The molecule has 2 heterocycles. The fourth-order valence-electron chi connectivity index (χ4n) is 4.17. The molecule has 3 rings (SSSR count).